The van der Waals surface area contributed by atoms with Gasteiger partial charge in [0.1, 0.15) is 5.58 Å². The van der Waals surface area contributed by atoms with Gasteiger partial charge >= 0.3 is 5.63 Å². The van der Waals surface area contributed by atoms with Crippen molar-refractivity contribution in [2.45, 2.75) is 19.8 Å². The molecule has 1 aliphatic rings. The van der Waals surface area contributed by atoms with Crippen molar-refractivity contribution in [3.63, 3.8) is 0 Å². The molecule has 2 heterocycles. The van der Waals surface area contributed by atoms with Crippen LogP contribution in [0.4, 0.5) is 0 Å². The lowest BCUT2D eigenvalue weighted by Gasteiger charge is -2.23. The van der Waals surface area contributed by atoms with Crippen LogP contribution in [-0.4, -0.2) is 4.98 Å². The molecule has 7 rings (SSSR count). The van der Waals surface area contributed by atoms with Crippen LogP contribution in [0.25, 0.3) is 55.7 Å². The Morgan fingerprint density at radius 3 is 2.18 bits per heavy atom. The average Bonchev–Trinajstić information content (AvgIpc) is 2.97. The van der Waals surface area contributed by atoms with Gasteiger partial charge in [0.2, 0.25) is 0 Å². The van der Waals surface area contributed by atoms with E-state index in [1.54, 1.807) is 0 Å². The van der Waals surface area contributed by atoms with Crippen molar-refractivity contribution in [3.8, 4) is 44.8 Å². The number of aromatic nitrogens is 1. The Morgan fingerprint density at radius 1 is 0.684 bits per heavy atom. The Bertz CT molecular complexity index is 1870. The topological polar surface area (TPSA) is 43.1 Å². The molecule has 0 saturated heterocycles. The summed E-state index contributed by atoms with van der Waals surface area (Å²) in [5, 5.41) is 0.919. The lowest BCUT2D eigenvalue weighted by molar-refractivity contribution is 0.562. The van der Waals surface area contributed by atoms with Gasteiger partial charge in [-0.15, -0.1) is 0 Å². The predicted octanol–water partition coefficient (Wildman–Crippen LogP) is 8.26. The molecule has 0 N–H and O–H groups in total. The zero-order chi connectivity index (χ0) is 25.6. The van der Waals surface area contributed by atoms with Crippen LogP contribution in [0.5, 0.6) is 0 Å². The van der Waals surface area contributed by atoms with Gasteiger partial charge in [-0.05, 0) is 77.4 Å². The molecule has 38 heavy (non-hydrogen) atoms. The zero-order valence-corrected chi connectivity index (χ0v) is 21.1. The maximum Gasteiger partial charge on any atom is 0.344 e. The molecule has 0 fully saturated rings. The fraction of sp³-hybridized carbons (Fsp3) is 0.0857. The monoisotopic (exact) mass is 491 g/mol. The number of benzene rings is 4. The summed E-state index contributed by atoms with van der Waals surface area (Å²) >= 11 is 0. The lowest BCUT2D eigenvalue weighted by Crippen LogP contribution is -2.08. The summed E-state index contributed by atoms with van der Waals surface area (Å²) in [6.07, 6.45) is 1.98. The second kappa shape index (κ2) is 8.97. The van der Waals surface area contributed by atoms with E-state index in [2.05, 4.69) is 66.7 Å². The predicted molar refractivity (Wildman–Crippen MR) is 154 cm³/mol. The molecular weight excluding hydrogens is 466 g/mol. The summed E-state index contributed by atoms with van der Waals surface area (Å²) in [6.45, 7) is 2.00. The number of hydrogen-bond acceptors (Lipinski definition) is 3. The van der Waals surface area contributed by atoms with E-state index in [1.807, 2.05) is 49.4 Å². The molecule has 0 amide bonds. The van der Waals surface area contributed by atoms with Crippen LogP contribution in [0.2, 0.25) is 0 Å². The number of hydrogen-bond donors (Lipinski definition) is 0. The van der Waals surface area contributed by atoms with E-state index in [0.717, 1.165) is 46.3 Å². The molecule has 182 valence electrons. The Labute approximate surface area is 221 Å². The van der Waals surface area contributed by atoms with Crippen LogP contribution < -0.4 is 5.63 Å². The molecule has 2 aromatic heterocycles. The second-order valence-corrected chi connectivity index (χ2v) is 9.87. The maximum absolute atomic E-state index is 12.9. The molecule has 0 atom stereocenters. The Balaban J connectivity index is 1.47. The molecular formula is C35H25NO2. The molecule has 4 aromatic carbocycles. The zero-order valence-electron chi connectivity index (χ0n) is 21.1. The van der Waals surface area contributed by atoms with Gasteiger partial charge in [0.15, 0.2) is 0 Å². The van der Waals surface area contributed by atoms with E-state index >= 15 is 0 Å². The van der Waals surface area contributed by atoms with Gasteiger partial charge in [-0.25, -0.2) is 9.78 Å². The first-order valence-corrected chi connectivity index (χ1v) is 13.0. The Hall–Kier alpha value is -4.76. The van der Waals surface area contributed by atoms with Crippen molar-refractivity contribution < 1.29 is 4.42 Å². The number of aryl methyl sites for hydroxylation is 2. The molecule has 3 nitrogen and oxygen atoms in total. The maximum atomic E-state index is 12.9. The van der Waals surface area contributed by atoms with E-state index < -0.39 is 0 Å². The second-order valence-electron chi connectivity index (χ2n) is 9.87. The smallest absolute Gasteiger partial charge is 0.344 e. The Morgan fingerprint density at radius 2 is 1.39 bits per heavy atom. The number of nitrogens with zero attached hydrogens (tertiary/aromatic N) is 1. The Kier molecular flexibility index (Phi) is 5.29. The van der Waals surface area contributed by atoms with Crippen LogP contribution in [0, 0.1) is 6.92 Å². The first kappa shape index (κ1) is 22.4. The van der Waals surface area contributed by atoms with Crippen molar-refractivity contribution in [3.05, 3.63) is 136 Å². The summed E-state index contributed by atoms with van der Waals surface area (Å²) in [7, 11) is 0. The molecule has 0 aliphatic heterocycles. The first-order chi connectivity index (χ1) is 18.7. The quantitative estimate of drug-likeness (QED) is 0.234. The first-order valence-electron chi connectivity index (χ1n) is 13.0. The minimum absolute atomic E-state index is 0.316. The molecule has 1 aliphatic carbocycles. The van der Waals surface area contributed by atoms with Gasteiger partial charge in [0.05, 0.1) is 17.0 Å². The van der Waals surface area contributed by atoms with Gasteiger partial charge in [-0.1, -0.05) is 84.9 Å². The molecule has 3 heteroatoms. The van der Waals surface area contributed by atoms with Crippen LogP contribution in [0.15, 0.2) is 118 Å². The van der Waals surface area contributed by atoms with Crippen LogP contribution in [0.3, 0.4) is 0 Å². The van der Waals surface area contributed by atoms with E-state index in [4.69, 9.17) is 9.40 Å². The number of rotatable bonds is 3. The summed E-state index contributed by atoms with van der Waals surface area (Å²) in [6, 6.07) is 37.1. The van der Waals surface area contributed by atoms with E-state index in [-0.39, 0.29) is 5.63 Å². The molecule has 0 unspecified atom stereocenters. The van der Waals surface area contributed by atoms with Crippen LogP contribution >= 0.6 is 0 Å². The molecule has 0 bridgehead atoms. The standard InChI is InChI=1S/C35H25NO2/c1-22-29-20-26(17-19-32(29)38-35(37)33(22)25-13-6-3-7-14-25)31-21-30(23-10-4-2-5-11-23)28-18-16-24-12-8-9-15-27(24)34(28)36-31/h2-15,17,19-21H,16,18H2,1H3. The third-order valence-corrected chi connectivity index (χ3v) is 7.65. The normalized spacial score (nSPS) is 12.2. The average molecular weight is 492 g/mol. The SMILES string of the molecule is Cc1c(-c2ccccc2)c(=O)oc2ccc(-c3cc(-c4ccccc4)c4c(n3)-c3ccccc3CC4)cc12. The summed E-state index contributed by atoms with van der Waals surface area (Å²) in [5.74, 6) is 0. The minimum Gasteiger partial charge on any atom is -0.422 e. The minimum atomic E-state index is -0.316. The molecule has 0 spiro atoms. The largest absolute Gasteiger partial charge is 0.422 e. The number of pyridine rings is 1. The van der Waals surface area contributed by atoms with Crippen molar-refractivity contribution in [1.29, 1.82) is 0 Å². The van der Waals surface area contributed by atoms with Crippen LogP contribution in [-0.2, 0) is 12.8 Å². The summed E-state index contributed by atoms with van der Waals surface area (Å²) in [5.41, 5.74) is 11.9. The third kappa shape index (κ3) is 3.67. The number of fused-ring (bicyclic) bond motifs is 4. The van der Waals surface area contributed by atoms with Crippen molar-refractivity contribution in [2.75, 3.05) is 0 Å². The van der Waals surface area contributed by atoms with Gasteiger partial charge in [0, 0.05) is 16.5 Å². The highest BCUT2D eigenvalue weighted by Gasteiger charge is 2.23. The van der Waals surface area contributed by atoms with Crippen molar-refractivity contribution >= 4 is 11.0 Å². The molecule has 6 aromatic rings. The molecule has 0 radical (unpaired) electrons. The van der Waals surface area contributed by atoms with Crippen molar-refractivity contribution in [1.82, 2.24) is 4.98 Å². The molecule has 0 saturated carbocycles. The van der Waals surface area contributed by atoms with E-state index in [9.17, 15) is 4.79 Å². The fourth-order valence-electron chi connectivity index (χ4n) is 5.75. The highest BCUT2D eigenvalue weighted by molar-refractivity contribution is 5.91. The highest BCUT2D eigenvalue weighted by atomic mass is 16.4. The van der Waals surface area contributed by atoms with Crippen molar-refractivity contribution in [2.24, 2.45) is 0 Å². The fourth-order valence-corrected chi connectivity index (χ4v) is 5.75. The van der Waals surface area contributed by atoms with E-state index in [1.165, 1.54) is 27.8 Å². The van der Waals surface area contributed by atoms with Gasteiger partial charge in [0.25, 0.3) is 0 Å². The third-order valence-electron chi connectivity index (χ3n) is 7.65. The summed E-state index contributed by atoms with van der Waals surface area (Å²) in [4.78, 5) is 18.2. The van der Waals surface area contributed by atoms with Crippen LogP contribution in [0.1, 0.15) is 16.7 Å². The van der Waals surface area contributed by atoms with Gasteiger partial charge in [-0.2, -0.15) is 0 Å². The summed E-state index contributed by atoms with van der Waals surface area (Å²) < 4.78 is 5.77. The highest BCUT2D eigenvalue weighted by Crippen LogP contribution is 2.40. The lowest BCUT2D eigenvalue weighted by atomic mass is 9.84. The van der Waals surface area contributed by atoms with E-state index in [0.29, 0.717) is 11.1 Å². The van der Waals surface area contributed by atoms with Gasteiger partial charge in [-0.3, -0.25) is 0 Å². The van der Waals surface area contributed by atoms with Gasteiger partial charge < -0.3 is 4.42 Å².